The summed E-state index contributed by atoms with van der Waals surface area (Å²) in [6.45, 7) is 0.270. The Labute approximate surface area is 111 Å². The van der Waals surface area contributed by atoms with E-state index in [-0.39, 0.29) is 18.7 Å². The van der Waals surface area contributed by atoms with Crippen LogP contribution in [0.2, 0.25) is 0 Å². The van der Waals surface area contributed by atoms with Crippen LogP contribution in [-0.2, 0) is 11.0 Å². The lowest BCUT2D eigenvalue weighted by Crippen LogP contribution is -2.35. The van der Waals surface area contributed by atoms with Crippen molar-refractivity contribution in [1.29, 1.82) is 0 Å². The number of carboxylic acids is 1. The van der Waals surface area contributed by atoms with Crippen LogP contribution in [0.5, 0.6) is 0 Å². The molecule has 0 spiro atoms. The van der Waals surface area contributed by atoms with Crippen molar-refractivity contribution in [3.63, 3.8) is 0 Å². The van der Waals surface area contributed by atoms with E-state index in [0.717, 1.165) is 6.20 Å². The molecular formula is C11H12F3N3O3. The Morgan fingerprint density at radius 3 is 2.85 bits per heavy atom. The molecule has 0 saturated carbocycles. The van der Waals surface area contributed by atoms with Crippen molar-refractivity contribution < 1.29 is 23.1 Å². The lowest BCUT2D eigenvalue weighted by atomic mass is 10.1. The van der Waals surface area contributed by atoms with Crippen LogP contribution in [0, 0.1) is 0 Å². The van der Waals surface area contributed by atoms with Gasteiger partial charge in [0.2, 0.25) is 0 Å². The zero-order valence-electron chi connectivity index (χ0n) is 10.3. The molecule has 0 unspecified atom stereocenters. The fourth-order valence-electron chi connectivity index (χ4n) is 2.45. The van der Waals surface area contributed by atoms with E-state index in [0.29, 0.717) is 12.8 Å². The van der Waals surface area contributed by atoms with E-state index in [1.807, 2.05) is 0 Å². The number of rotatable bonds is 3. The molecule has 2 rings (SSSR count). The summed E-state index contributed by atoms with van der Waals surface area (Å²) in [5.41, 5.74) is -3.01. The Hall–Kier alpha value is -2.06. The molecular weight excluding hydrogens is 279 g/mol. The highest BCUT2D eigenvalue weighted by molar-refractivity contribution is 5.69. The number of aromatic amines is 1. The highest BCUT2D eigenvalue weighted by Gasteiger charge is 2.40. The number of hydrogen-bond donors (Lipinski definition) is 2. The number of anilines is 1. The number of aliphatic carboxylic acids is 1. The Morgan fingerprint density at radius 1 is 1.55 bits per heavy atom. The summed E-state index contributed by atoms with van der Waals surface area (Å²) in [6.07, 6.45) is -3.13. The Balaban J connectivity index is 2.45. The highest BCUT2D eigenvalue weighted by Crippen LogP contribution is 2.36. The van der Waals surface area contributed by atoms with Crippen molar-refractivity contribution in [1.82, 2.24) is 10.2 Å². The van der Waals surface area contributed by atoms with Gasteiger partial charge >= 0.3 is 12.1 Å². The summed E-state index contributed by atoms with van der Waals surface area (Å²) < 4.78 is 38.9. The molecule has 1 aromatic rings. The van der Waals surface area contributed by atoms with Gasteiger partial charge in [0.25, 0.3) is 5.56 Å². The Bertz CT molecular complexity index is 570. The van der Waals surface area contributed by atoms with Gasteiger partial charge < -0.3 is 10.0 Å². The third kappa shape index (κ3) is 2.75. The summed E-state index contributed by atoms with van der Waals surface area (Å²) in [5, 5.41) is 13.9. The maximum atomic E-state index is 13.0. The summed E-state index contributed by atoms with van der Waals surface area (Å²) >= 11 is 0. The number of hydrogen-bond acceptors (Lipinski definition) is 4. The van der Waals surface area contributed by atoms with Crippen molar-refractivity contribution in [2.24, 2.45) is 0 Å². The highest BCUT2D eigenvalue weighted by atomic mass is 19.4. The minimum Gasteiger partial charge on any atom is -0.481 e. The third-order valence-corrected chi connectivity index (χ3v) is 3.22. The van der Waals surface area contributed by atoms with Gasteiger partial charge in [0.15, 0.2) is 0 Å². The van der Waals surface area contributed by atoms with Gasteiger partial charge in [-0.2, -0.15) is 18.3 Å². The SMILES string of the molecule is O=C(O)C[C@@H]1CCCN1c1cn[nH]c(=O)c1C(F)(F)F. The molecule has 9 heteroatoms. The van der Waals surface area contributed by atoms with Crippen LogP contribution in [0.3, 0.4) is 0 Å². The molecule has 1 aromatic heterocycles. The minimum atomic E-state index is -4.82. The first-order valence-electron chi connectivity index (χ1n) is 5.94. The standard InChI is InChI=1S/C11H12F3N3O3/c12-11(13,14)9-7(5-15-16-10(9)20)17-3-1-2-6(17)4-8(18)19/h5-6H,1-4H2,(H,16,20)(H,18,19)/t6-/m0/s1. The third-order valence-electron chi connectivity index (χ3n) is 3.22. The molecule has 2 heterocycles. The van der Waals surface area contributed by atoms with Crippen LogP contribution in [0.15, 0.2) is 11.0 Å². The van der Waals surface area contributed by atoms with E-state index in [2.05, 4.69) is 5.10 Å². The number of aromatic nitrogens is 2. The summed E-state index contributed by atoms with van der Waals surface area (Å²) in [7, 11) is 0. The molecule has 0 aliphatic carbocycles. The van der Waals surface area contributed by atoms with E-state index in [9.17, 15) is 22.8 Å². The first-order valence-corrected chi connectivity index (χ1v) is 5.94. The summed E-state index contributed by atoms with van der Waals surface area (Å²) in [5.74, 6) is -1.09. The Kier molecular flexibility index (Phi) is 3.69. The smallest absolute Gasteiger partial charge is 0.423 e. The molecule has 0 aromatic carbocycles. The van der Waals surface area contributed by atoms with Gasteiger partial charge in [-0.1, -0.05) is 0 Å². The number of nitrogens with zero attached hydrogens (tertiary/aromatic N) is 2. The molecule has 0 radical (unpaired) electrons. The monoisotopic (exact) mass is 291 g/mol. The second-order valence-corrected chi connectivity index (χ2v) is 4.54. The Morgan fingerprint density at radius 2 is 2.25 bits per heavy atom. The van der Waals surface area contributed by atoms with Gasteiger partial charge in [-0.25, -0.2) is 5.10 Å². The number of carboxylic acid groups (broad SMARTS) is 1. The molecule has 1 aliphatic rings. The van der Waals surface area contributed by atoms with Crippen LogP contribution >= 0.6 is 0 Å². The van der Waals surface area contributed by atoms with E-state index in [1.165, 1.54) is 4.90 Å². The van der Waals surface area contributed by atoms with Crippen molar-refractivity contribution in [3.05, 3.63) is 22.1 Å². The average molecular weight is 291 g/mol. The quantitative estimate of drug-likeness (QED) is 0.874. The van der Waals surface area contributed by atoms with Crippen molar-refractivity contribution in [3.8, 4) is 0 Å². The zero-order valence-corrected chi connectivity index (χ0v) is 10.3. The molecule has 0 amide bonds. The van der Waals surface area contributed by atoms with Gasteiger partial charge in [0, 0.05) is 12.6 Å². The number of carbonyl (C=O) groups is 1. The van der Waals surface area contributed by atoms with E-state index in [1.54, 1.807) is 5.10 Å². The fraction of sp³-hybridized carbons (Fsp3) is 0.545. The van der Waals surface area contributed by atoms with Crippen LogP contribution in [-0.4, -0.2) is 33.9 Å². The van der Waals surface area contributed by atoms with Crippen LogP contribution < -0.4 is 10.5 Å². The van der Waals surface area contributed by atoms with Crippen LogP contribution in [0.1, 0.15) is 24.8 Å². The lowest BCUT2D eigenvalue weighted by Gasteiger charge is -2.27. The van der Waals surface area contributed by atoms with Crippen LogP contribution in [0.25, 0.3) is 0 Å². The second kappa shape index (κ2) is 5.14. The predicted molar refractivity (Wildman–Crippen MR) is 62.5 cm³/mol. The summed E-state index contributed by atoms with van der Waals surface area (Å²) in [4.78, 5) is 23.4. The molecule has 110 valence electrons. The number of H-pyrrole nitrogens is 1. The second-order valence-electron chi connectivity index (χ2n) is 4.54. The zero-order chi connectivity index (χ0) is 14.9. The number of halogens is 3. The van der Waals surface area contributed by atoms with Gasteiger partial charge in [-0.3, -0.25) is 9.59 Å². The van der Waals surface area contributed by atoms with Crippen molar-refractivity contribution in [2.45, 2.75) is 31.5 Å². The fourth-order valence-corrected chi connectivity index (χ4v) is 2.45. The molecule has 20 heavy (non-hydrogen) atoms. The first kappa shape index (κ1) is 14.4. The van der Waals surface area contributed by atoms with Gasteiger partial charge in [0.1, 0.15) is 5.56 Å². The molecule has 2 N–H and O–H groups in total. The van der Waals surface area contributed by atoms with Gasteiger partial charge in [-0.15, -0.1) is 0 Å². The number of nitrogens with one attached hydrogen (secondary N) is 1. The molecule has 6 nitrogen and oxygen atoms in total. The lowest BCUT2D eigenvalue weighted by molar-refractivity contribution is -0.138. The van der Waals surface area contributed by atoms with Crippen molar-refractivity contribution >= 4 is 11.7 Å². The number of alkyl halides is 3. The maximum absolute atomic E-state index is 13.0. The van der Waals surface area contributed by atoms with Gasteiger partial charge in [0.05, 0.1) is 18.3 Å². The topological polar surface area (TPSA) is 86.3 Å². The van der Waals surface area contributed by atoms with Gasteiger partial charge in [-0.05, 0) is 12.8 Å². The molecule has 1 fully saturated rings. The predicted octanol–water partition coefficient (Wildman–Crippen LogP) is 1.23. The van der Waals surface area contributed by atoms with Crippen molar-refractivity contribution in [2.75, 3.05) is 11.4 Å². The first-order chi connectivity index (χ1) is 9.30. The normalized spacial score (nSPS) is 19.4. The molecule has 1 aliphatic heterocycles. The van der Waals surface area contributed by atoms with E-state index in [4.69, 9.17) is 5.11 Å². The average Bonchev–Trinajstić information content (AvgIpc) is 2.74. The van der Waals surface area contributed by atoms with E-state index >= 15 is 0 Å². The maximum Gasteiger partial charge on any atom is 0.423 e. The largest absolute Gasteiger partial charge is 0.481 e. The van der Waals surface area contributed by atoms with Crippen LogP contribution in [0.4, 0.5) is 18.9 Å². The van der Waals surface area contributed by atoms with E-state index < -0.39 is 29.3 Å². The summed E-state index contributed by atoms with van der Waals surface area (Å²) in [6, 6.07) is -0.558. The molecule has 1 saturated heterocycles. The molecule has 0 bridgehead atoms. The molecule has 1 atom stereocenters. The minimum absolute atomic E-state index is 0.270.